The fourth-order valence-corrected chi connectivity index (χ4v) is 2.80. The van der Waals surface area contributed by atoms with E-state index in [0.29, 0.717) is 21.8 Å². The van der Waals surface area contributed by atoms with Crippen LogP contribution in [0.3, 0.4) is 0 Å². The van der Waals surface area contributed by atoms with Crippen LogP contribution in [-0.2, 0) is 9.59 Å². The van der Waals surface area contributed by atoms with Crippen molar-refractivity contribution in [1.82, 2.24) is 0 Å². The zero-order valence-electron chi connectivity index (χ0n) is 10.9. The molecule has 6 heteroatoms. The molecule has 4 nitrogen and oxygen atoms in total. The van der Waals surface area contributed by atoms with Crippen molar-refractivity contribution >= 4 is 43.8 Å². The molecule has 0 rings (SSSR count). The van der Waals surface area contributed by atoms with E-state index in [1.54, 1.807) is 27.7 Å². The van der Waals surface area contributed by atoms with E-state index < -0.39 is 22.8 Å². The summed E-state index contributed by atoms with van der Waals surface area (Å²) in [6.07, 6.45) is 0.608. The van der Waals surface area contributed by atoms with Gasteiger partial charge in [-0.15, -0.1) is 0 Å². The van der Waals surface area contributed by atoms with E-state index >= 15 is 0 Å². The molecule has 0 saturated heterocycles. The summed E-state index contributed by atoms with van der Waals surface area (Å²) in [6.45, 7) is 6.50. The van der Waals surface area contributed by atoms with E-state index in [-0.39, 0.29) is 0 Å². The zero-order valence-corrected chi connectivity index (χ0v) is 14.1. The molecule has 0 aromatic heterocycles. The number of halogens is 2. The average Bonchev–Trinajstić information content (AvgIpc) is 2.15. The number of hydrogen-bond donors (Lipinski definition) is 2. The number of rotatable bonds is 6. The third-order valence-electron chi connectivity index (χ3n) is 2.65. The van der Waals surface area contributed by atoms with Gasteiger partial charge in [0, 0.05) is 8.96 Å². The molecule has 0 aliphatic rings. The van der Waals surface area contributed by atoms with Gasteiger partial charge in [0.2, 0.25) is 0 Å². The summed E-state index contributed by atoms with van der Waals surface area (Å²) in [5.41, 5.74) is -1.80. The van der Waals surface area contributed by atoms with Gasteiger partial charge >= 0.3 is 11.9 Å². The summed E-state index contributed by atoms with van der Waals surface area (Å²) >= 11 is 6.65. The number of carboxylic acid groups (broad SMARTS) is 2. The summed E-state index contributed by atoms with van der Waals surface area (Å²) in [7, 11) is 0. The maximum absolute atomic E-state index is 11.0. The standard InChI is InChI=1S/C12H18Br2O4/c1-11(2,9(15)16)5-7(13)8(14)6-12(3,4)10(17)18/h5-6H2,1-4H3,(H,15,16)(H,17,18). The van der Waals surface area contributed by atoms with Crippen LogP contribution in [0.1, 0.15) is 40.5 Å². The first-order valence-corrected chi connectivity index (χ1v) is 6.98. The summed E-state index contributed by atoms with van der Waals surface area (Å²) < 4.78 is 1.37. The molecule has 2 N–H and O–H groups in total. The molecule has 0 bridgehead atoms. The van der Waals surface area contributed by atoms with Crippen LogP contribution in [0, 0.1) is 10.8 Å². The predicted molar refractivity (Wildman–Crippen MR) is 76.9 cm³/mol. The number of allylic oxidation sites excluding steroid dienone is 2. The Bertz CT molecular complexity index is 348. The van der Waals surface area contributed by atoms with Gasteiger partial charge in [0.25, 0.3) is 0 Å². The molecule has 0 radical (unpaired) electrons. The lowest BCUT2D eigenvalue weighted by Crippen LogP contribution is -2.25. The number of carbonyl (C=O) groups is 2. The highest BCUT2D eigenvalue weighted by Gasteiger charge is 2.31. The van der Waals surface area contributed by atoms with Crippen molar-refractivity contribution in [2.24, 2.45) is 10.8 Å². The largest absolute Gasteiger partial charge is 0.481 e. The SMILES string of the molecule is CC(C)(CC(Br)=C(Br)CC(C)(C)C(=O)O)C(=O)O. The molecule has 0 aromatic carbocycles. The smallest absolute Gasteiger partial charge is 0.309 e. The zero-order chi connectivity index (χ0) is 14.7. The minimum atomic E-state index is -0.898. The molecule has 104 valence electrons. The molecule has 0 atom stereocenters. The van der Waals surface area contributed by atoms with Crippen molar-refractivity contribution in [3.05, 3.63) is 8.96 Å². The Hall–Kier alpha value is -0.360. The Morgan fingerprint density at radius 1 is 0.833 bits per heavy atom. The third kappa shape index (κ3) is 5.10. The van der Waals surface area contributed by atoms with E-state index in [9.17, 15) is 9.59 Å². The van der Waals surface area contributed by atoms with Crippen LogP contribution in [-0.4, -0.2) is 22.2 Å². The third-order valence-corrected chi connectivity index (χ3v) is 4.70. The Labute approximate surface area is 124 Å². The van der Waals surface area contributed by atoms with Crippen molar-refractivity contribution in [3.8, 4) is 0 Å². The van der Waals surface area contributed by atoms with E-state index in [1.165, 1.54) is 0 Å². The van der Waals surface area contributed by atoms with E-state index in [4.69, 9.17) is 10.2 Å². The molecule has 0 aliphatic carbocycles. The molecule has 0 spiro atoms. The first-order chi connectivity index (χ1) is 7.90. The predicted octanol–water partition coefficient (Wildman–Crippen LogP) is 3.99. The van der Waals surface area contributed by atoms with E-state index in [2.05, 4.69) is 31.9 Å². The minimum Gasteiger partial charge on any atom is -0.481 e. The molecule has 0 aliphatic heterocycles. The second-order valence-corrected chi connectivity index (χ2v) is 7.46. The highest BCUT2D eigenvalue weighted by molar-refractivity contribution is 9.14. The summed E-state index contributed by atoms with van der Waals surface area (Å²) in [4.78, 5) is 22.0. The maximum Gasteiger partial charge on any atom is 0.309 e. The molecule has 18 heavy (non-hydrogen) atoms. The van der Waals surface area contributed by atoms with Crippen LogP contribution >= 0.6 is 31.9 Å². The van der Waals surface area contributed by atoms with Gasteiger partial charge in [-0.3, -0.25) is 9.59 Å². The Balaban J connectivity index is 4.95. The van der Waals surface area contributed by atoms with Crippen molar-refractivity contribution in [2.75, 3.05) is 0 Å². The Morgan fingerprint density at radius 3 is 1.22 bits per heavy atom. The lowest BCUT2D eigenvalue weighted by atomic mass is 9.86. The van der Waals surface area contributed by atoms with E-state index in [0.717, 1.165) is 0 Å². The van der Waals surface area contributed by atoms with Crippen LogP contribution in [0.2, 0.25) is 0 Å². The van der Waals surface area contributed by atoms with Crippen molar-refractivity contribution < 1.29 is 19.8 Å². The van der Waals surface area contributed by atoms with Crippen molar-refractivity contribution in [2.45, 2.75) is 40.5 Å². The van der Waals surface area contributed by atoms with Gasteiger partial charge < -0.3 is 10.2 Å². The second kappa shape index (κ2) is 6.19. The van der Waals surface area contributed by atoms with Gasteiger partial charge in [0.05, 0.1) is 10.8 Å². The molecular weight excluding hydrogens is 368 g/mol. The monoisotopic (exact) mass is 384 g/mol. The van der Waals surface area contributed by atoms with Crippen LogP contribution in [0.25, 0.3) is 0 Å². The lowest BCUT2D eigenvalue weighted by Gasteiger charge is -2.22. The maximum atomic E-state index is 11.0. The van der Waals surface area contributed by atoms with Gasteiger partial charge in [-0.05, 0) is 40.5 Å². The number of hydrogen-bond acceptors (Lipinski definition) is 2. The summed E-state index contributed by atoms with van der Waals surface area (Å²) in [5, 5.41) is 18.1. The lowest BCUT2D eigenvalue weighted by molar-refractivity contribution is -0.147. The number of carboxylic acids is 2. The van der Waals surface area contributed by atoms with Crippen molar-refractivity contribution in [3.63, 3.8) is 0 Å². The molecule has 0 heterocycles. The molecule has 0 amide bonds. The fraction of sp³-hybridized carbons (Fsp3) is 0.667. The summed E-state index contributed by atoms with van der Waals surface area (Å²) in [6, 6.07) is 0. The quantitative estimate of drug-likeness (QED) is 0.724. The topological polar surface area (TPSA) is 74.6 Å². The van der Waals surface area contributed by atoms with E-state index in [1.807, 2.05) is 0 Å². The Morgan fingerprint density at radius 2 is 1.06 bits per heavy atom. The molecule has 0 aromatic rings. The van der Waals surface area contributed by atoms with Gasteiger partial charge in [-0.1, -0.05) is 31.9 Å². The van der Waals surface area contributed by atoms with Gasteiger partial charge in [0.1, 0.15) is 0 Å². The van der Waals surface area contributed by atoms with Crippen LogP contribution < -0.4 is 0 Å². The molecule has 0 saturated carbocycles. The fourth-order valence-electron chi connectivity index (χ4n) is 1.12. The normalized spacial score (nSPS) is 14.1. The molecular formula is C12H18Br2O4. The minimum absolute atomic E-state index is 0.304. The number of aliphatic carboxylic acids is 2. The van der Waals surface area contributed by atoms with Crippen LogP contribution in [0.15, 0.2) is 8.96 Å². The average molecular weight is 386 g/mol. The Kier molecular flexibility index (Phi) is 6.07. The highest BCUT2D eigenvalue weighted by atomic mass is 79.9. The highest BCUT2D eigenvalue weighted by Crippen LogP contribution is 2.37. The van der Waals surface area contributed by atoms with Gasteiger partial charge in [-0.2, -0.15) is 0 Å². The summed E-state index contributed by atoms with van der Waals surface area (Å²) in [5.74, 6) is -1.78. The second-order valence-electron chi connectivity index (χ2n) is 5.54. The van der Waals surface area contributed by atoms with Crippen LogP contribution in [0.4, 0.5) is 0 Å². The van der Waals surface area contributed by atoms with Gasteiger partial charge in [0.15, 0.2) is 0 Å². The first-order valence-electron chi connectivity index (χ1n) is 5.40. The van der Waals surface area contributed by atoms with Gasteiger partial charge in [-0.25, -0.2) is 0 Å². The van der Waals surface area contributed by atoms with Crippen LogP contribution in [0.5, 0.6) is 0 Å². The molecule has 0 fully saturated rings. The first kappa shape index (κ1) is 17.6. The molecule has 0 unspecified atom stereocenters. The van der Waals surface area contributed by atoms with Crippen molar-refractivity contribution in [1.29, 1.82) is 0 Å².